The zero-order valence-corrected chi connectivity index (χ0v) is 24.0. The van der Waals surface area contributed by atoms with Gasteiger partial charge in [0.05, 0.1) is 8.07 Å². The Morgan fingerprint density at radius 3 is 2.06 bits per heavy atom. The molecule has 4 rings (SSSR count). The van der Waals surface area contributed by atoms with E-state index in [-0.39, 0.29) is 10.8 Å². The van der Waals surface area contributed by atoms with Gasteiger partial charge in [-0.05, 0) is 85.7 Å². The summed E-state index contributed by atoms with van der Waals surface area (Å²) in [6, 6.07) is 9.83. The first-order valence-electron chi connectivity index (χ1n) is 12.8. The van der Waals surface area contributed by atoms with Crippen molar-refractivity contribution in [3.05, 3.63) is 75.0 Å². The van der Waals surface area contributed by atoms with Crippen LogP contribution in [0.3, 0.4) is 0 Å². The topological polar surface area (TPSA) is 0 Å². The van der Waals surface area contributed by atoms with E-state index in [9.17, 15) is 0 Å². The fourth-order valence-corrected chi connectivity index (χ4v) is 7.56. The van der Waals surface area contributed by atoms with Gasteiger partial charge >= 0.3 is 0 Å². The molecule has 1 heteroatoms. The van der Waals surface area contributed by atoms with Crippen LogP contribution in [-0.2, 0) is 17.3 Å². The normalized spacial score (nSPS) is 16.1. The average Bonchev–Trinajstić information content (AvgIpc) is 3.28. The summed E-state index contributed by atoms with van der Waals surface area (Å²) < 4.78 is 0. The highest BCUT2D eigenvalue weighted by Gasteiger charge is 2.34. The van der Waals surface area contributed by atoms with Gasteiger partial charge in [0.25, 0.3) is 0 Å². The molecule has 0 bridgehead atoms. The highest BCUT2D eigenvalue weighted by molar-refractivity contribution is 6.84. The van der Waals surface area contributed by atoms with Crippen LogP contribution in [0.4, 0.5) is 0 Å². The summed E-state index contributed by atoms with van der Waals surface area (Å²) in [5.41, 5.74) is 14.1. The maximum Gasteiger partial charge on any atom is 0.0779 e. The summed E-state index contributed by atoms with van der Waals surface area (Å²) in [5.74, 6) is 0.503. The highest BCUT2D eigenvalue weighted by Crippen LogP contribution is 2.50. The van der Waals surface area contributed by atoms with Crippen molar-refractivity contribution in [1.82, 2.24) is 0 Å². The van der Waals surface area contributed by atoms with Crippen molar-refractivity contribution in [2.45, 2.75) is 105 Å². The Morgan fingerprint density at radius 2 is 1.52 bits per heavy atom. The molecule has 0 heterocycles. The third kappa shape index (κ3) is 4.23. The zero-order valence-electron chi connectivity index (χ0n) is 23.0. The molecule has 0 saturated carbocycles. The molecule has 0 aromatic heterocycles. The van der Waals surface area contributed by atoms with Gasteiger partial charge in [0.1, 0.15) is 0 Å². The number of allylic oxidation sites excluding steroid dienone is 4. The maximum atomic E-state index is 2.59. The van der Waals surface area contributed by atoms with Gasteiger partial charge in [-0.25, -0.2) is 0 Å². The molecular weight excluding hydrogens is 412 g/mol. The largest absolute Gasteiger partial charge is 0.0802 e. The molecule has 0 N–H and O–H groups in total. The molecule has 2 aliphatic rings. The predicted octanol–water partition coefficient (Wildman–Crippen LogP) is 9.57. The summed E-state index contributed by atoms with van der Waals surface area (Å²) in [6.45, 7) is 26.5. The van der Waals surface area contributed by atoms with Crippen LogP contribution in [0.15, 0.2) is 41.6 Å². The lowest BCUT2D eigenvalue weighted by Crippen LogP contribution is -2.24. The fourth-order valence-electron chi connectivity index (χ4n) is 5.81. The maximum absolute atomic E-state index is 2.59. The molecule has 2 aliphatic carbocycles. The standard InChI is InChI=1S/C32H44Si/c1-20(2)29-26-17-21-15-16-22(31(3,4)5)18-24(21)25(26)19-27(32(6,7)8)30(29)23-13-12-14-28(23)33(9,10)11/h12,14-16,18-20H,13,17H2,1-11H3. The second kappa shape index (κ2) is 7.84. The van der Waals surface area contributed by atoms with Crippen molar-refractivity contribution in [3.63, 3.8) is 0 Å². The van der Waals surface area contributed by atoms with Gasteiger partial charge in [0.2, 0.25) is 0 Å². The molecular formula is C32H44Si. The molecule has 0 amide bonds. The van der Waals surface area contributed by atoms with Crippen LogP contribution in [0, 0.1) is 0 Å². The molecule has 0 spiro atoms. The Morgan fingerprint density at radius 1 is 0.848 bits per heavy atom. The third-order valence-corrected chi connectivity index (χ3v) is 9.62. The molecule has 0 atom stereocenters. The molecule has 2 aromatic carbocycles. The molecule has 2 aromatic rings. The lowest BCUT2D eigenvalue weighted by molar-refractivity contribution is 0.586. The first kappa shape index (κ1) is 24.3. The van der Waals surface area contributed by atoms with Crippen LogP contribution in [0.5, 0.6) is 0 Å². The van der Waals surface area contributed by atoms with E-state index in [0.29, 0.717) is 5.92 Å². The van der Waals surface area contributed by atoms with Crippen molar-refractivity contribution in [2.75, 3.05) is 0 Å². The van der Waals surface area contributed by atoms with E-state index >= 15 is 0 Å². The summed E-state index contributed by atoms with van der Waals surface area (Å²) in [6.07, 6.45) is 7.03. The summed E-state index contributed by atoms with van der Waals surface area (Å²) in [7, 11) is -1.43. The number of benzene rings is 2. The second-order valence-electron chi connectivity index (χ2n) is 13.7. The quantitative estimate of drug-likeness (QED) is 0.344. The minimum atomic E-state index is -1.43. The molecule has 0 radical (unpaired) electrons. The molecule has 0 unspecified atom stereocenters. The van der Waals surface area contributed by atoms with Gasteiger partial charge in [0, 0.05) is 0 Å². The summed E-state index contributed by atoms with van der Waals surface area (Å²) in [4.78, 5) is 0. The Labute approximate surface area is 204 Å². The van der Waals surface area contributed by atoms with Crippen LogP contribution in [-0.4, -0.2) is 8.07 Å². The van der Waals surface area contributed by atoms with E-state index in [1.165, 1.54) is 27.8 Å². The van der Waals surface area contributed by atoms with Gasteiger partial charge in [0.15, 0.2) is 0 Å². The van der Waals surface area contributed by atoms with Crippen molar-refractivity contribution in [1.29, 1.82) is 0 Å². The SMILES string of the molecule is CC(C)c1c2c(cc(C(C)(C)C)c1C1=C([Si](C)(C)C)C=CC1)-c1cc(C(C)(C)C)ccc1C2. The van der Waals surface area contributed by atoms with E-state index < -0.39 is 8.07 Å². The van der Waals surface area contributed by atoms with E-state index in [2.05, 4.69) is 111 Å². The molecule has 0 fully saturated rings. The Kier molecular flexibility index (Phi) is 5.76. The van der Waals surface area contributed by atoms with E-state index in [4.69, 9.17) is 0 Å². The first-order valence-corrected chi connectivity index (χ1v) is 16.3. The molecule has 0 aliphatic heterocycles. The van der Waals surface area contributed by atoms with Crippen LogP contribution >= 0.6 is 0 Å². The van der Waals surface area contributed by atoms with Crippen molar-refractivity contribution >= 4 is 13.6 Å². The number of fused-ring (bicyclic) bond motifs is 3. The smallest absolute Gasteiger partial charge is 0.0779 e. The Bertz CT molecular complexity index is 1160. The lowest BCUT2D eigenvalue weighted by Gasteiger charge is -2.32. The minimum absolute atomic E-state index is 0.0958. The fraction of sp³-hybridized carbons (Fsp3) is 0.500. The van der Waals surface area contributed by atoms with Gasteiger partial charge in [-0.1, -0.05) is 111 Å². The van der Waals surface area contributed by atoms with Crippen LogP contribution < -0.4 is 0 Å². The van der Waals surface area contributed by atoms with Crippen LogP contribution in [0.1, 0.15) is 101 Å². The Hall–Kier alpha value is -1.86. The summed E-state index contributed by atoms with van der Waals surface area (Å²) in [5, 5.41) is 1.65. The predicted molar refractivity (Wildman–Crippen MR) is 150 cm³/mol. The van der Waals surface area contributed by atoms with Crippen LogP contribution in [0.25, 0.3) is 16.7 Å². The van der Waals surface area contributed by atoms with Crippen molar-refractivity contribution < 1.29 is 0 Å². The van der Waals surface area contributed by atoms with Crippen molar-refractivity contribution in [2.24, 2.45) is 0 Å². The van der Waals surface area contributed by atoms with Crippen LogP contribution in [0.2, 0.25) is 19.6 Å². The number of rotatable bonds is 3. The Balaban J connectivity index is 2.08. The number of hydrogen-bond donors (Lipinski definition) is 0. The zero-order chi connectivity index (χ0) is 24.5. The van der Waals surface area contributed by atoms with Gasteiger partial charge in [-0.15, -0.1) is 0 Å². The molecule has 0 saturated heterocycles. The van der Waals surface area contributed by atoms with Crippen molar-refractivity contribution in [3.8, 4) is 11.1 Å². The van der Waals surface area contributed by atoms with E-state index in [1.807, 2.05) is 0 Å². The average molecular weight is 457 g/mol. The molecule has 33 heavy (non-hydrogen) atoms. The van der Waals surface area contributed by atoms with E-state index in [1.54, 1.807) is 27.5 Å². The van der Waals surface area contributed by atoms with Gasteiger partial charge in [-0.2, -0.15) is 0 Å². The second-order valence-corrected chi connectivity index (χ2v) is 18.7. The molecule has 0 nitrogen and oxygen atoms in total. The minimum Gasteiger partial charge on any atom is -0.0802 e. The van der Waals surface area contributed by atoms with Gasteiger partial charge < -0.3 is 0 Å². The summed E-state index contributed by atoms with van der Waals surface area (Å²) >= 11 is 0. The molecule has 176 valence electrons. The third-order valence-electron chi connectivity index (χ3n) is 7.54. The monoisotopic (exact) mass is 456 g/mol. The van der Waals surface area contributed by atoms with Gasteiger partial charge in [-0.3, -0.25) is 0 Å². The lowest BCUT2D eigenvalue weighted by atomic mass is 9.74. The first-order chi connectivity index (χ1) is 15.1. The van der Waals surface area contributed by atoms with E-state index in [0.717, 1.165) is 12.8 Å². The number of hydrogen-bond acceptors (Lipinski definition) is 0. The highest BCUT2D eigenvalue weighted by atomic mass is 28.3.